The van der Waals surface area contributed by atoms with Crippen molar-refractivity contribution >= 4 is 44.2 Å². The van der Waals surface area contributed by atoms with Gasteiger partial charge in [0.2, 0.25) is 5.71 Å². The molecule has 0 saturated heterocycles. The van der Waals surface area contributed by atoms with Crippen molar-refractivity contribution in [1.82, 2.24) is 24.5 Å². The van der Waals surface area contributed by atoms with Crippen molar-refractivity contribution in [2.45, 2.75) is 112 Å². The molecular weight excluding hydrogens is 713 g/mol. The first-order valence-corrected chi connectivity index (χ1v) is 20.1. The van der Waals surface area contributed by atoms with Gasteiger partial charge >= 0.3 is 0 Å². The first-order chi connectivity index (χ1) is 29.2. The predicted molar refractivity (Wildman–Crippen MR) is 240 cm³/mol. The second-order valence-corrected chi connectivity index (χ2v) is 18.1. The average Bonchev–Trinajstić information content (AvgIpc) is 3.57. The number of aryl methyl sites for hydroxylation is 3. The van der Waals surface area contributed by atoms with E-state index < -0.39 is 18.6 Å². The minimum absolute atomic E-state index is 0.0305. The van der Waals surface area contributed by atoms with Crippen molar-refractivity contribution in [1.29, 1.82) is 0 Å². The van der Waals surface area contributed by atoms with Gasteiger partial charge in [0.25, 0.3) is 5.82 Å². The summed E-state index contributed by atoms with van der Waals surface area (Å²) in [6.45, 7) is 20.0. The zero-order chi connectivity index (χ0) is 45.8. The van der Waals surface area contributed by atoms with E-state index in [4.69, 9.17) is 23.5 Å². The van der Waals surface area contributed by atoms with Crippen LogP contribution in [0.2, 0.25) is 0 Å². The molecule has 296 valence electrons. The maximum absolute atomic E-state index is 9.78. The predicted octanol–water partition coefficient (Wildman–Crippen LogP) is 12.5. The molecule has 1 aliphatic carbocycles. The van der Waals surface area contributed by atoms with E-state index >= 15 is 0 Å². The summed E-state index contributed by atoms with van der Waals surface area (Å²) in [4.78, 5) is 19.4. The van der Waals surface area contributed by atoms with E-state index in [1.54, 1.807) is 12.1 Å². The van der Waals surface area contributed by atoms with Crippen molar-refractivity contribution in [3.8, 4) is 17.1 Å². The molecule has 0 spiro atoms. The highest BCUT2D eigenvalue weighted by molar-refractivity contribution is 6.09. The van der Waals surface area contributed by atoms with Crippen LogP contribution in [-0.4, -0.2) is 24.5 Å². The fraction of sp³-hybridized carbons (Fsp3) is 0.353. The van der Waals surface area contributed by atoms with Crippen LogP contribution in [0, 0.1) is 13.8 Å². The van der Waals surface area contributed by atoms with Gasteiger partial charge in [0.1, 0.15) is 22.9 Å². The molecule has 0 aliphatic heterocycles. The number of allylic oxidation sites excluding steroid dienone is 6. The van der Waals surface area contributed by atoms with Gasteiger partial charge in [-0.05, 0) is 85.1 Å². The van der Waals surface area contributed by atoms with Gasteiger partial charge in [0, 0.05) is 50.9 Å². The van der Waals surface area contributed by atoms with Crippen LogP contribution in [0.4, 0.5) is 0 Å². The molecule has 3 aromatic carbocycles. The normalized spacial score (nSPS) is 15.8. The Bertz CT molecular complexity index is 3020. The van der Waals surface area contributed by atoms with E-state index in [9.17, 15) is 2.74 Å². The largest absolute Gasteiger partial charge is 0.437 e. The molecule has 58 heavy (non-hydrogen) atoms. The smallest absolute Gasteiger partial charge is 0.299 e. The van der Waals surface area contributed by atoms with Crippen LogP contribution in [0.15, 0.2) is 89.4 Å². The van der Waals surface area contributed by atoms with Crippen LogP contribution in [-0.2, 0) is 17.9 Å². The molecule has 7 heteroatoms. The lowest BCUT2D eigenvalue weighted by Gasteiger charge is -2.23. The Morgan fingerprint density at radius 2 is 1.47 bits per heavy atom. The van der Waals surface area contributed by atoms with Crippen LogP contribution in [0.1, 0.15) is 140 Å². The Hall–Kier alpha value is -5.69. The number of para-hydroxylation sites is 2. The van der Waals surface area contributed by atoms with Gasteiger partial charge in [-0.3, -0.25) is 0 Å². The minimum Gasteiger partial charge on any atom is -0.437 e. The molecule has 0 saturated carbocycles. The third-order valence-electron chi connectivity index (χ3n) is 11.1. The van der Waals surface area contributed by atoms with Gasteiger partial charge in [-0.2, -0.15) is 4.57 Å². The number of hydrogen-bond donors (Lipinski definition) is 0. The van der Waals surface area contributed by atoms with Crippen molar-refractivity contribution in [2.75, 3.05) is 0 Å². The second kappa shape index (κ2) is 14.3. The quantitative estimate of drug-likeness (QED) is 0.157. The van der Waals surface area contributed by atoms with Gasteiger partial charge in [-0.15, -0.1) is 0 Å². The molecule has 0 radical (unpaired) electrons. The highest BCUT2D eigenvalue weighted by Gasteiger charge is 2.34. The number of nitrogens with zero attached hydrogens (tertiary/aromatic N) is 6. The number of aromatic nitrogens is 6. The molecule has 0 N–H and O–H groups in total. The number of benzene rings is 3. The Morgan fingerprint density at radius 3 is 2.10 bits per heavy atom. The number of furan rings is 1. The molecular formula is C51H57N6O+. The zero-order valence-electron chi connectivity index (χ0n) is 40.9. The van der Waals surface area contributed by atoms with Crippen molar-refractivity contribution < 1.29 is 15.8 Å². The van der Waals surface area contributed by atoms with Crippen molar-refractivity contribution in [3.05, 3.63) is 130 Å². The molecule has 0 bridgehead atoms. The first-order valence-electron chi connectivity index (χ1n) is 22.6. The van der Waals surface area contributed by atoms with Crippen LogP contribution in [0.25, 0.3) is 61.3 Å². The second-order valence-electron chi connectivity index (χ2n) is 18.1. The molecule has 0 fully saturated rings. The summed E-state index contributed by atoms with van der Waals surface area (Å²) in [5, 5.41) is 1.53. The zero-order valence-corrected chi connectivity index (χ0v) is 35.9. The third kappa shape index (κ3) is 6.78. The summed E-state index contributed by atoms with van der Waals surface area (Å²) in [5.74, 6) is 0.744. The maximum atomic E-state index is 9.78. The van der Waals surface area contributed by atoms with Crippen LogP contribution < -0.4 is 4.57 Å². The van der Waals surface area contributed by atoms with E-state index in [1.807, 2.05) is 59.9 Å². The van der Waals surface area contributed by atoms with Gasteiger partial charge in [-0.1, -0.05) is 118 Å². The monoisotopic (exact) mass is 774 g/mol. The number of rotatable bonds is 6. The molecule has 4 aromatic heterocycles. The SMILES string of the molecule is [2H]C([2H])([2H])c1ccc2c(n1)oc1c(-c3n(-c4c(C([2H])(C)C)cc(C5=CC=C(c6nc(C(C)(C)C)nc(C(C)(C)C)n6)CC=C5)cc4C([2H])(C)C)c4ccccc4[n+]3C)c(C)ccc12. The fourth-order valence-corrected chi connectivity index (χ4v) is 7.90. The lowest BCUT2D eigenvalue weighted by molar-refractivity contribution is -0.633. The summed E-state index contributed by atoms with van der Waals surface area (Å²) in [5.41, 5.74) is 8.95. The Labute approximate surface area is 350 Å². The van der Waals surface area contributed by atoms with Crippen LogP contribution in [0.5, 0.6) is 0 Å². The third-order valence-corrected chi connectivity index (χ3v) is 11.1. The topological polar surface area (TPSA) is 73.5 Å². The van der Waals surface area contributed by atoms with E-state index in [0.717, 1.165) is 83.9 Å². The standard InChI is InChI=1S/C51H57N6O/c1-29(2)38-27-35(33-17-16-18-34(24-23-33)45-53-48(50(7,8)9)55-49(54-45)51(10,11)12)28-39(30(3)4)43(38)57-41-20-15-14-19-40(41)56(13)47(57)42-31(5)21-25-36-37-26-22-32(6)52-46(37)58-44(36)42/h14-17,19-30H,18H2,1-13H3/q+1/i6D3,29D,30D. The summed E-state index contributed by atoms with van der Waals surface area (Å²) >= 11 is 0. The highest BCUT2D eigenvalue weighted by atomic mass is 16.3. The van der Waals surface area contributed by atoms with Gasteiger partial charge < -0.3 is 4.42 Å². The number of imidazole rings is 1. The number of fused-ring (bicyclic) bond motifs is 4. The fourth-order valence-electron chi connectivity index (χ4n) is 7.90. The lowest BCUT2D eigenvalue weighted by Crippen LogP contribution is -2.30. The van der Waals surface area contributed by atoms with Crippen LogP contribution in [0.3, 0.4) is 0 Å². The molecule has 1 aliphatic rings. The van der Waals surface area contributed by atoms with E-state index in [2.05, 4.69) is 110 Å². The summed E-state index contributed by atoms with van der Waals surface area (Å²) in [6, 6.07) is 19.8. The summed E-state index contributed by atoms with van der Waals surface area (Å²) in [7, 11) is 2.03. The molecule has 4 heterocycles. The Kier molecular flexibility index (Phi) is 8.21. The summed E-state index contributed by atoms with van der Waals surface area (Å²) < 4.78 is 54.5. The number of hydrogen-bond acceptors (Lipinski definition) is 5. The molecule has 7 aromatic rings. The van der Waals surface area contributed by atoms with E-state index in [1.165, 1.54) is 0 Å². The lowest BCUT2D eigenvalue weighted by atomic mass is 9.87. The Balaban J connectivity index is 1.39. The van der Waals surface area contributed by atoms with Gasteiger partial charge in [0.15, 0.2) is 22.4 Å². The van der Waals surface area contributed by atoms with E-state index in [-0.39, 0.29) is 22.2 Å². The van der Waals surface area contributed by atoms with Crippen molar-refractivity contribution in [3.63, 3.8) is 0 Å². The molecule has 8 rings (SSSR count). The van der Waals surface area contributed by atoms with Crippen molar-refractivity contribution in [2.24, 2.45) is 7.05 Å². The molecule has 0 unspecified atom stereocenters. The maximum Gasteiger partial charge on any atom is 0.299 e. The van der Waals surface area contributed by atoms with Crippen LogP contribution >= 0.6 is 0 Å². The summed E-state index contributed by atoms with van der Waals surface area (Å²) in [6.07, 6.45) is 9.07. The minimum atomic E-state index is -2.39. The average molecular weight is 775 g/mol. The highest BCUT2D eigenvalue weighted by Crippen LogP contribution is 2.43. The number of pyridine rings is 1. The molecule has 0 atom stereocenters. The molecule has 0 amide bonds. The van der Waals surface area contributed by atoms with Gasteiger partial charge in [0.05, 0.1) is 7.05 Å². The first kappa shape index (κ1) is 33.3. The van der Waals surface area contributed by atoms with E-state index in [0.29, 0.717) is 17.8 Å². The van der Waals surface area contributed by atoms with Gasteiger partial charge in [-0.25, -0.2) is 24.5 Å². The molecule has 7 nitrogen and oxygen atoms in total. The Morgan fingerprint density at radius 1 is 0.810 bits per heavy atom.